The quantitative estimate of drug-likeness (QED) is 0.654. The molecule has 3 rings (SSSR count). The molecule has 1 aliphatic rings. The number of para-hydroxylation sites is 1. The molecule has 0 saturated carbocycles. The van der Waals surface area contributed by atoms with Crippen molar-refractivity contribution in [1.29, 1.82) is 0 Å². The molecule has 25 heavy (non-hydrogen) atoms. The average Bonchev–Trinajstić information content (AvgIpc) is 2.82. The zero-order chi connectivity index (χ0) is 17.8. The van der Waals surface area contributed by atoms with Crippen molar-refractivity contribution in [1.82, 2.24) is 10.3 Å². The highest BCUT2D eigenvalue weighted by molar-refractivity contribution is 6.06. The van der Waals surface area contributed by atoms with Crippen LogP contribution >= 0.6 is 0 Å². The second kappa shape index (κ2) is 7.29. The molecule has 2 aromatic rings. The van der Waals surface area contributed by atoms with E-state index in [-0.39, 0.29) is 0 Å². The van der Waals surface area contributed by atoms with E-state index < -0.39 is 24.5 Å². The third-order valence-electron chi connectivity index (χ3n) is 4.22. The first kappa shape index (κ1) is 16.9. The van der Waals surface area contributed by atoms with Crippen molar-refractivity contribution < 1.29 is 19.1 Å². The van der Waals surface area contributed by atoms with Gasteiger partial charge in [-0.2, -0.15) is 0 Å². The maximum Gasteiger partial charge on any atom is 0.339 e. The summed E-state index contributed by atoms with van der Waals surface area (Å²) in [5, 5.41) is 2.58. The number of amides is 3. The summed E-state index contributed by atoms with van der Waals surface area (Å²) in [7, 11) is 0. The molecule has 1 aliphatic carbocycles. The normalized spacial score (nSPS) is 13.6. The minimum atomic E-state index is -0.982. The number of hydrogen-bond acceptors (Lipinski definition) is 5. The van der Waals surface area contributed by atoms with Crippen molar-refractivity contribution >= 4 is 28.8 Å². The number of esters is 1. The third-order valence-corrected chi connectivity index (χ3v) is 4.22. The first-order chi connectivity index (χ1) is 12.1. The number of urea groups is 1. The van der Waals surface area contributed by atoms with Gasteiger partial charge in [-0.3, -0.25) is 15.1 Å². The summed E-state index contributed by atoms with van der Waals surface area (Å²) in [6.45, 7) is -0.562. The minimum Gasteiger partial charge on any atom is -0.452 e. The standard InChI is InChI=1S/C18H19N3O4/c19-18(24)21-15(22)10-25-17(23)16-11-6-2-1-3-8-13(11)20-14-9-5-4-7-12(14)16/h4-5,7,9H,1-3,6,8,10H2,(H3,19,21,22,24). The van der Waals surface area contributed by atoms with E-state index in [1.807, 2.05) is 29.6 Å². The Bertz CT molecular complexity index is 848. The monoisotopic (exact) mass is 341 g/mol. The fourth-order valence-corrected chi connectivity index (χ4v) is 3.16. The number of aromatic nitrogens is 1. The lowest BCUT2D eigenvalue weighted by Crippen LogP contribution is -2.37. The van der Waals surface area contributed by atoms with Crippen LogP contribution in [0.3, 0.4) is 0 Å². The number of fused-ring (bicyclic) bond motifs is 2. The predicted octanol–water partition coefficient (Wildman–Crippen LogP) is 1.86. The van der Waals surface area contributed by atoms with Crippen molar-refractivity contribution in [2.24, 2.45) is 5.73 Å². The second-order valence-corrected chi connectivity index (χ2v) is 5.98. The van der Waals surface area contributed by atoms with Crippen LogP contribution in [0.25, 0.3) is 10.9 Å². The van der Waals surface area contributed by atoms with Crippen molar-refractivity contribution in [2.75, 3.05) is 6.61 Å². The number of nitrogens with zero attached hydrogens (tertiary/aromatic N) is 1. The number of nitrogens with two attached hydrogens (primary N) is 1. The van der Waals surface area contributed by atoms with Gasteiger partial charge in [-0.05, 0) is 37.3 Å². The predicted molar refractivity (Wildman–Crippen MR) is 91.0 cm³/mol. The fourth-order valence-electron chi connectivity index (χ4n) is 3.16. The van der Waals surface area contributed by atoms with E-state index in [2.05, 4.69) is 0 Å². The lowest BCUT2D eigenvalue weighted by atomic mass is 9.97. The zero-order valence-corrected chi connectivity index (χ0v) is 13.7. The maximum atomic E-state index is 12.7. The van der Waals surface area contributed by atoms with Crippen LogP contribution in [-0.2, 0) is 22.4 Å². The summed E-state index contributed by atoms with van der Waals surface area (Å²) < 4.78 is 5.12. The molecule has 0 bridgehead atoms. The van der Waals surface area contributed by atoms with Crippen molar-refractivity contribution in [2.45, 2.75) is 32.1 Å². The molecule has 1 heterocycles. The number of hydrogen-bond donors (Lipinski definition) is 2. The molecule has 0 fully saturated rings. The lowest BCUT2D eigenvalue weighted by molar-refractivity contribution is -0.123. The van der Waals surface area contributed by atoms with Gasteiger partial charge >= 0.3 is 12.0 Å². The fraction of sp³-hybridized carbons (Fsp3) is 0.333. The smallest absolute Gasteiger partial charge is 0.339 e. The van der Waals surface area contributed by atoms with E-state index in [1.54, 1.807) is 0 Å². The molecule has 0 aliphatic heterocycles. The zero-order valence-electron chi connectivity index (χ0n) is 13.7. The summed E-state index contributed by atoms with van der Waals surface area (Å²) in [5.74, 6) is -1.35. The molecular formula is C18H19N3O4. The molecule has 3 N–H and O–H groups in total. The van der Waals surface area contributed by atoms with Gasteiger partial charge in [0.1, 0.15) is 0 Å². The molecule has 0 radical (unpaired) electrons. The van der Waals surface area contributed by atoms with Crippen LogP contribution in [0.4, 0.5) is 4.79 Å². The molecule has 0 spiro atoms. The Labute approximate surface area is 144 Å². The molecule has 130 valence electrons. The number of primary amides is 1. The third kappa shape index (κ3) is 3.76. The van der Waals surface area contributed by atoms with Crippen molar-refractivity contribution in [3.63, 3.8) is 0 Å². The Morgan fingerprint density at radius 3 is 2.68 bits per heavy atom. The second-order valence-electron chi connectivity index (χ2n) is 5.98. The van der Waals surface area contributed by atoms with Crippen LogP contribution in [0.15, 0.2) is 24.3 Å². The van der Waals surface area contributed by atoms with Crippen LogP contribution in [0.2, 0.25) is 0 Å². The topological polar surface area (TPSA) is 111 Å². The Morgan fingerprint density at radius 1 is 1.12 bits per heavy atom. The largest absolute Gasteiger partial charge is 0.452 e. The number of ether oxygens (including phenoxy) is 1. The summed E-state index contributed by atoms with van der Waals surface area (Å²) >= 11 is 0. The van der Waals surface area contributed by atoms with Gasteiger partial charge in [0.2, 0.25) is 0 Å². The highest BCUT2D eigenvalue weighted by Gasteiger charge is 2.23. The van der Waals surface area contributed by atoms with Gasteiger partial charge in [0.15, 0.2) is 6.61 Å². The molecule has 7 heteroatoms. The van der Waals surface area contributed by atoms with E-state index in [4.69, 9.17) is 15.5 Å². The number of pyridine rings is 1. The van der Waals surface area contributed by atoms with Crippen LogP contribution in [0, 0.1) is 0 Å². The van der Waals surface area contributed by atoms with E-state index in [0.29, 0.717) is 10.9 Å². The summed E-state index contributed by atoms with van der Waals surface area (Å²) in [6, 6.07) is 6.41. The first-order valence-electron chi connectivity index (χ1n) is 8.23. The Kier molecular flexibility index (Phi) is 4.92. The van der Waals surface area contributed by atoms with Gasteiger partial charge in [-0.15, -0.1) is 0 Å². The van der Waals surface area contributed by atoms with Gasteiger partial charge in [-0.25, -0.2) is 9.59 Å². The number of imide groups is 1. The Balaban J connectivity index is 1.96. The van der Waals surface area contributed by atoms with Crippen LogP contribution in [0.1, 0.15) is 40.9 Å². The van der Waals surface area contributed by atoms with E-state index in [1.165, 1.54) is 0 Å². The molecule has 0 saturated heterocycles. The van der Waals surface area contributed by atoms with Crippen LogP contribution in [-0.4, -0.2) is 29.5 Å². The molecule has 1 aromatic heterocycles. The van der Waals surface area contributed by atoms with Gasteiger partial charge in [-0.1, -0.05) is 24.6 Å². The number of carbonyl (C=O) groups excluding carboxylic acids is 3. The van der Waals surface area contributed by atoms with Gasteiger partial charge in [0.05, 0.1) is 11.1 Å². The van der Waals surface area contributed by atoms with Gasteiger partial charge in [0.25, 0.3) is 5.91 Å². The summed E-state index contributed by atoms with van der Waals surface area (Å²) in [6.07, 6.45) is 4.68. The van der Waals surface area contributed by atoms with E-state index in [0.717, 1.165) is 48.9 Å². The maximum absolute atomic E-state index is 12.7. The SMILES string of the molecule is NC(=O)NC(=O)COC(=O)c1c2c(nc3ccccc13)CCCCC2. The molecule has 3 amide bonds. The lowest BCUT2D eigenvalue weighted by Gasteiger charge is -2.14. The highest BCUT2D eigenvalue weighted by atomic mass is 16.5. The van der Waals surface area contributed by atoms with Crippen LogP contribution < -0.4 is 11.1 Å². The highest BCUT2D eigenvalue weighted by Crippen LogP contribution is 2.29. The Morgan fingerprint density at radius 2 is 1.88 bits per heavy atom. The molecule has 1 aromatic carbocycles. The first-order valence-corrected chi connectivity index (χ1v) is 8.23. The van der Waals surface area contributed by atoms with Crippen molar-refractivity contribution in [3.05, 3.63) is 41.1 Å². The molecular weight excluding hydrogens is 322 g/mol. The van der Waals surface area contributed by atoms with E-state index in [9.17, 15) is 14.4 Å². The number of benzene rings is 1. The Hall–Kier alpha value is -2.96. The molecule has 0 atom stereocenters. The van der Waals surface area contributed by atoms with Crippen LogP contribution in [0.5, 0.6) is 0 Å². The molecule has 0 unspecified atom stereocenters. The van der Waals surface area contributed by atoms with E-state index >= 15 is 0 Å². The number of rotatable bonds is 3. The van der Waals surface area contributed by atoms with Gasteiger partial charge < -0.3 is 10.5 Å². The number of carbonyl (C=O) groups is 3. The van der Waals surface area contributed by atoms with Gasteiger partial charge in [0, 0.05) is 11.1 Å². The minimum absolute atomic E-state index is 0.467. The van der Waals surface area contributed by atoms with Crippen molar-refractivity contribution in [3.8, 4) is 0 Å². The summed E-state index contributed by atoms with van der Waals surface area (Å²) in [4.78, 5) is 39.6. The number of aryl methyl sites for hydroxylation is 1. The molecule has 7 nitrogen and oxygen atoms in total. The number of nitrogens with one attached hydrogen (secondary N) is 1. The summed E-state index contributed by atoms with van der Waals surface area (Å²) in [5.41, 5.74) is 7.89. The average molecular weight is 341 g/mol.